The van der Waals surface area contributed by atoms with Crippen molar-refractivity contribution in [3.8, 4) is 0 Å². The van der Waals surface area contributed by atoms with E-state index in [1.807, 2.05) is 4.90 Å². The van der Waals surface area contributed by atoms with Crippen LogP contribution in [-0.4, -0.2) is 39.1 Å². The van der Waals surface area contributed by atoms with Crippen LogP contribution in [0.4, 0.5) is 11.5 Å². The molecule has 0 bridgehead atoms. The summed E-state index contributed by atoms with van der Waals surface area (Å²) in [5.41, 5.74) is 10.4. The minimum absolute atomic E-state index is 0.00175. The number of thioether (sulfide) groups is 1. The number of nitrogens with one attached hydrogen (secondary N) is 1. The summed E-state index contributed by atoms with van der Waals surface area (Å²) in [4.78, 5) is 32.2. The summed E-state index contributed by atoms with van der Waals surface area (Å²) in [7, 11) is 0. The van der Waals surface area contributed by atoms with Crippen molar-refractivity contribution in [1.29, 1.82) is 0 Å². The van der Waals surface area contributed by atoms with Gasteiger partial charge in [0.05, 0.1) is 5.75 Å². The van der Waals surface area contributed by atoms with E-state index in [0.717, 1.165) is 25.8 Å². The summed E-state index contributed by atoms with van der Waals surface area (Å²) < 4.78 is 0. The summed E-state index contributed by atoms with van der Waals surface area (Å²) in [6.45, 7) is 2.91. The van der Waals surface area contributed by atoms with E-state index in [9.17, 15) is 9.59 Å². The molecule has 1 unspecified atom stereocenters. The molecule has 7 nitrogen and oxygen atoms in total. The SMILES string of the molecule is CCC1CCCCN1C(=O)CSc1nc(N)c(N)c(=O)[nH]1. The van der Waals surface area contributed by atoms with Gasteiger partial charge in [0.15, 0.2) is 11.0 Å². The Labute approximate surface area is 127 Å². The second kappa shape index (κ2) is 6.84. The maximum absolute atomic E-state index is 12.3. The largest absolute Gasteiger partial charge is 0.391 e. The highest BCUT2D eigenvalue weighted by molar-refractivity contribution is 7.99. The van der Waals surface area contributed by atoms with E-state index in [2.05, 4.69) is 16.9 Å². The number of aromatic amines is 1. The van der Waals surface area contributed by atoms with Crippen LogP contribution >= 0.6 is 11.8 Å². The lowest BCUT2D eigenvalue weighted by atomic mass is 10.0. The van der Waals surface area contributed by atoms with Crippen molar-refractivity contribution in [3.05, 3.63) is 10.4 Å². The molecule has 0 spiro atoms. The van der Waals surface area contributed by atoms with Gasteiger partial charge in [-0.3, -0.25) is 14.6 Å². The molecule has 0 saturated carbocycles. The fourth-order valence-corrected chi connectivity index (χ4v) is 3.27. The summed E-state index contributed by atoms with van der Waals surface area (Å²) in [6, 6.07) is 0.329. The molecule has 1 aromatic heterocycles. The molecular formula is C13H21N5O2S. The molecule has 1 amide bonds. The lowest BCUT2D eigenvalue weighted by Gasteiger charge is -2.35. The number of likely N-dealkylation sites (tertiary alicyclic amines) is 1. The van der Waals surface area contributed by atoms with Gasteiger partial charge < -0.3 is 16.4 Å². The molecule has 116 valence electrons. The van der Waals surface area contributed by atoms with Crippen LogP contribution in [0.15, 0.2) is 9.95 Å². The molecule has 0 radical (unpaired) electrons. The molecule has 0 aromatic carbocycles. The average Bonchev–Trinajstić information content (AvgIpc) is 2.50. The van der Waals surface area contributed by atoms with Gasteiger partial charge in [-0.15, -0.1) is 0 Å². The Morgan fingerprint density at radius 3 is 2.90 bits per heavy atom. The second-order valence-corrected chi connectivity index (χ2v) is 6.07. The number of H-pyrrole nitrogens is 1. The standard InChI is InChI=1S/C13H21N5O2S/c1-2-8-5-3-4-6-18(8)9(19)7-21-13-16-11(15)10(14)12(20)17-13/h8H,2-7,14H2,1H3,(H3,15,16,17,20). The van der Waals surface area contributed by atoms with Crippen molar-refractivity contribution in [2.75, 3.05) is 23.8 Å². The number of hydrogen-bond donors (Lipinski definition) is 3. The quantitative estimate of drug-likeness (QED) is 0.559. The molecule has 1 fully saturated rings. The third-order valence-corrected chi connectivity index (χ3v) is 4.57. The van der Waals surface area contributed by atoms with Crippen LogP contribution in [0.3, 0.4) is 0 Å². The number of amides is 1. The third kappa shape index (κ3) is 3.69. The number of piperidine rings is 1. The van der Waals surface area contributed by atoms with Gasteiger partial charge in [-0.2, -0.15) is 0 Å². The zero-order valence-electron chi connectivity index (χ0n) is 12.1. The number of nitrogens with two attached hydrogens (primary N) is 2. The number of rotatable bonds is 4. The molecule has 21 heavy (non-hydrogen) atoms. The number of carbonyl (C=O) groups excluding carboxylic acids is 1. The topological polar surface area (TPSA) is 118 Å². The Morgan fingerprint density at radius 1 is 1.48 bits per heavy atom. The average molecular weight is 311 g/mol. The molecule has 8 heteroatoms. The van der Waals surface area contributed by atoms with E-state index in [4.69, 9.17) is 11.5 Å². The summed E-state index contributed by atoms with van der Waals surface area (Å²) in [5, 5.41) is 0.324. The van der Waals surface area contributed by atoms with Crippen LogP contribution < -0.4 is 17.0 Å². The molecule has 2 heterocycles. The van der Waals surface area contributed by atoms with Gasteiger partial charge in [-0.1, -0.05) is 18.7 Å². The van der Waals surface area contributed by atoms with E-state index in [1.165, 1.54) is 18.2 Å². The number of hydrogen-bond acceptors (Lipinski definition) is 6. The molecule has 0 aliphatic carbocycles. The highest BCUT2D eigenvalue weighted by Crippen LogP contribution is 2.22. The van der Waals surface area contributed by atoms with E-state index < -0.39 is 5.56 Å². The van der Waals surface area contributed by atoms with Gasteiger partial charge in [-0.05, 0) is 25.7 Å². The molecule has 2 rings (SSSR count). The lowest BCUT2D eigenvalue weighted by Crippen LogP contribution is -2.44. The Balaban J connectivity index is 1.99. The second-order valence-electron chi connectivity index (χ2n) is 5.10. The van der Waals surface area contributed by atoms with Crippen molar-refractivity contribution < 1.29 is 4.79 Å². The molecular weight excluding hydrogens is 290 g/mol. The van der Waals surface area contributed by atoms with Gasteiger partial charge in [0, 0.05) is 12.6 Å². The summed E-state index contributed by atoms with van der Waals surface area (Å²) >= 11 is 1.18. The molecule has 1 aromatic rings. The molecule has 1 aliphatic heterocycles. The zero-order valence-corrected chi connectivity index (χ0v) is 12.9. The van der Waals surface area contributed by atoms with Crippen molar-refractivity contribution in [2.45, 2.75) is 43.8 Å². The summed E-state index contributed by atoms with van der Waals surface area (Å²) in [6.07, 6.45) is 4.27. The van der Waals surface area contributed by atoms with Gasteiger partial charge in [-0.25, -0.2) is 4.98 Å². The van der Waals surface area contributed by atoms with Crippen molar-refractivity contribution in [3.63, 3.8) is 0 Å². The molecule has 1 atom stereocenters. The maximum Gasteiger partial charge on any atom is 0.276 e. The van der Waals surface area contributed by atoms with Crippen LogP contribution in [0.1, 0.15) is 32.6 Å². The minimum Gasteiger partial charge on any atom is -0.391 e. The normalized spacial score (nSPS) is 18.7. The van der Waals surface area contributed by atoms with Crippen molar-refractivity contribution >= 4 is 29.2 Å². The van der Waals surface area contributed by atoms with Gasteiger partial charge >= 0.3 is 0 Å². The fourth-order valence-electron chi connectivity index (χ4n) is 2.51. The first-order chi connectivity index (χ1) is 10.0. The Hall–Kier alpha value is -1.70. The predicted molar refractivity (Wildman–Crippen MR) is 84.0 cm³/mol. The Bertz CT molecular complexity index is 574. The van der Waals surface area contributed by atoms with Gasteiger partial charge in [0.25, 0.3) is 5.56 Å². The maximum atomic E-state index is 12.3. The van der Waals surface area contributed by atoms with E-state index >= 15 is 0 Å². The molecule has 1 saturated heterocycles. The Morgan fingerprint density at radius 2 is 2.24 bits per heavy atom. The van der Waals surface area contributed by atoms with E-state index in [0.29, 0.717) is 11.2 Å². The van der Waals surface area contributed by atoms with Crippen LogP contribution in [0.2, 0.25) is 0 Å². The highest BCUT2D eigenvalue weighted by Gasteiger charge is 2.25. The van der Waals surface area contributed by atoms with Crippen LogP contribution in [-0.2, 0) is 4.79 Å². The molecule has 5 N–H and O–H groups in total. The van der Waals surface area contributed by atoms with Gasteiger partial charge in [0.1, 0.15) is 5.69 Å². The van der Waals surface area contributed by atoms with Crippen LogP contribution in [0.25, 0.3) is 0 Å². The number of nitrogen functional groups attached to an aromatic ring is 2. The first kappa shape index (κ1) is 15.7. The number of anilines is 2. The van der Waals surface area contributed by atoms with Crippen molar-refractivity contribution in [1.82, 2.24) is 14.9 Å². The van der Waals surface area contributed by atoms with Crippen LogP contribution in [0.5, 0.6) is 0 Å². The van der Waals surface area contributed by atoms with E-state index in [1.54, 1.807) is 0 Å². The Kier molecular flexibility index (Phi) is 5.11. The van der Waals surface area contributed by atoms with E-state index in [-0.39, 0.29) is 23.2 Å². The smallest absolute Gasteiger partial charge is 0.276 e. The van der Waals surface area contributed by atoms with Crippen molar-refractivity contribution in [2.24, 2.45) is 0 Å². The fraction of sp³-hybridized carbons (Fsp3) is 0.615. The number of aromatic nitrogens is 2. The minimum atomic E-state index is -0.471. The number of nitrogens with zero attached hydrogens (tertiary/aromatic N) is 2. The first-order valence-corrected chi connectivity index (χ1v) is 8.09. The van der Waals surface area contributed by atoms with Crippen LogP contribution in [0, 0.1) is 0 Å². The highest BCUT2D eigenvalue weighted by atomic mass is 32.2. The zero-order chi connectivity index (χ0) is 15.4. The summed E-state index contributed by atoms with van der Waals surface area (Å²) in [5.74, 6) is 0.311. The first-order valence-electron chi connectivity index (χ1n) is 7.10. The van der Waals surface area contributed by atoms with Gasteiger partial charge in [0.2, 0.25) is 5.91 Å². The third-order valence-electron chi connectivity index (χ3n) is 3.71. The molecule has 1 aliphatic rings. The lowest BCUT2D eigenvalue weighted by molar-refractivity contribution is -0.132. The predicted octanol–water partition coefficient (Wildman–Crippen LogP) is 0.818. The monoisotopic (exact) mass is 311 g/mol. The number of carbonyl (C=O) groups is 1.